The molecule has 0 aliphatic heterocycles. The van der Waals surface area contributed by atoms with E-state index in [4.69, 9.17) is 9.90 Å². The molecule has 0 aliphatic rings. The second-order valence-electron chi connectivity index (χ2n) is 5.26. The van der Waals surface area contributed by atoms with Crippen molar-refractivity contribution in [3.8, 4) is 11.4 Å². The molecule has 2 aromatic carbocycles. The lowest BCUT2D eigenvalue weighted by Gasteiger charge is -2.07. The van der Waals surface area contributed by atoms with E-state index in [0.717, 1.165) is 0 Å². The van der Waals surface area contributed by atoms with Gasteiger partial charge in [-0.1, -0.05) is 23.4 Å². The van der Waals surface area contributed by atoms with Crippen LogP contribution < -0.4 is 11.1 Å². The number of aromatic amines is 1. The Kier molecular flexibility index (Phi) is 6.49. The molecule has 152 valence electrons. The van der Waals surface area contributed by atoms with Gasteiger partial charge in [0.25, 0.3) is 5.91 Å². The molecule has 1 amide bonds. The van der Waals surface area contributed by atoms with E-state index >= 15 is 0 Å². The van der Waals surface area contributed by atoms with E-state index in [0.29, 0.717) is 11.3 Å². The number of benzene rings is 2. The topological polar surface area (TPSA) is 125 Å². The number of nitrogens with one attached hydrogen (secondary N) is 2. The quantitative estimate of drug-likeness (QED) is 0.567. The molecule has 1 aromatic heterocycles. The lowest BCUT2D eigenvalue weighted by molar-refractivity contribution is -0.192. The summed E-state index contributed by atoms with van der Waals surface area (Å²) in [5.41, 5.74) is 0.869. The standard InChI is InChI=1S/C15H10FN3O3.C2HF3O2/c16-12-7-6-10(8-11(12)13-18-15(21)22-19-13)17-14(20)9-4-2-1-3-5-9;3-2(4,5)1(6)7/h1-8H,(H,17,20)(H,18,19,21);(H,6,7). The predicted octanol–water partition coefficient (Wildman–Crippen LogP) is 3.05. The summed E-state index contributed by atoms with van der Waals surface area (Å²) in [5.74, 6) is -4.51. The van der Waals surface area contributed by atoms with Gasteiger partial charge in [-0.05, 0) is 30.3 Å². The largest absolute Gasteiger partial charge is 0.490 e. The van der Waals surface area contributed by atoms with E-state index < -0.39 is 23.7 Å². The van der Waals surface area contributed by atoms with Gasteiger partial charge in [0.1, 0.15) is 5.82 Å². The molecule has 0 saturated heterocycles. The van der Waals surface area contributed by atoms with E-state index in [1.807, 2.05) is 0 Å². The average molecular weight is 413 g/mol. The summed E-state index contributed by atoms with van der Waals surface area (Å²) in [4.78, 5) is 34.2. The number of aromatic nitrogens is 2. The number of nitrogens with zero attached hydrogens (tertiary/aromatic N) is 1. The number of alkyl halides is 3. The van der Waals surface area contributed by atoms with Gasteiger partial charge >= 0.3 is 17.9 Å². The number of carboxylic acid groups (broad SMARTS) is 1. The molecule has 29 heavy (non-hydrogen) atoms. The average Bonchev–Trinajstić information content (AvgIpc) is 3.10. The number of hydrogen-bond donors (Lipinski definition) is 3. The fourth-order valence-corrected chi connectivity index (χ4v) is 1.92. The molecule has 0 radical (unpaired) electrons. The van der Waals surface area contributed by atoms with Gasteiger partial charge in [-0.2, -0.15) is 13.2 Å². The van der Waals surface area contributed by atoms with Crippen molar-refractivity contribution < 1.29 is 36.8 Å². The first kappa shape index (κ1) is 21.3. The number of carboxylic acids is 1. The van der Waals surface area contributed by atoms with Crippen LogP contribution in [0.4, 0.5) is 23.2 Å². The summed E-state index contributed by atoms with van der Waals surface area (Å²) in [6.45, 7) is 0. The van der Waals surface area contributed by atoms with Crippen LogP contribution in [0.3, 0.4) is 0 Å². The minimum absolute atomic E-state index is 0.0247. The van der Waals surface area contributed by atoms with Gasteiger partial charge in [0.05, 0.1) is 5.56 Å². The Morgan fingerprint density at radius 2 is 1.72 bits per heavy atom. The lowest BCUT2D eigenvalue weighted by atomic mass is 10.1. The summed E-state index contributed by atoms with van der Waals surface area (Å²) < 4.78 is 49.9. The molecule has 8 nitrogen and oxygen atoms in total. The van der Waals surface area contributed by atoms with Crippen LogP contribution in [0, 0.1) is 5.82 Å². The van der Waals surface area contributed by atoms with Crippen molar-refractivity contribution >= 4 is 17.6 Å². The van der Waals surface area contributed by atoms with E-state index in [1.54, 1.807) is 30.3 Å². The molecule has 0 spiro atoms. The first-order valence-corrected chi connectivity index (χ1v) is 7.60. The molecule has 0 atom stereocenters. The third-order valence-electron chi connectivity index (χ3n) is 3.20. The molecular formula is C17H11F4N3O5. The van der Waals surface area contributed by atoms with Crippen LogP contribution in [-0.4, -0.2) is 33.3 Å². The molecule has 0 bridgehead atoms. The maximum atomic E-state index is 13.8. The Balaban J connectivity index is 0.000000370. The first-order chi connectivity index (χ1) is 13.6. The molecule has 0 aliphatic carbocycles. The highest BCUT2D eigenvalue weighted by Crippen LogP contribution is 2.23. The third-order valence-corrected chi connectivity index (χ3v) is 3.20. The van der Waals surface area contributed by atoms with Crippen LogP contribution in [0.5, 0.6) is 0 Å². The Bertz CT molecular complexity index is 1060. The van der Waals surface area contributed by atoms with Gasteiger partial charge < -0.3 is 10.4 Å². The molecule has 0 unspecified atom stereocenters. The van der Waals surface area contributed by atoms with Gasteiger partial charge in [-0.3, -0.25) is 14.3 Å². The maximum Gasteiger partial charge on any atom is 0.490 e. The molecule has 0 fully saturated rings. The number of aliphatic carboxylic acids is 1. The molecule has 0 saturated carbocycles. The highest BCUT2D eigenvalue weighted by molar-refractivity contribution is 6.04. The fraction of sp³-hybridized carbons (Fsp3) is 0.0588. The van der Waals surface area contributed by atoms with Crippen molar-refractivity contribution in [2.75, 3.05) is 5.32 Å². The van der Waals surface area contributed by atoms with Gasteiger partial charge in [0.15, 0.2) is 5.82 Å². The van der Waals surface area contributed by atoms with Gasteiger partial charge in [-0.15, -0.1) is 0 Å². The fourth-order valence-electron chi connectivity index (χ4n) is 1.92. The molecule has 12 heteroatoms. The monoisotopic (exact) mass is 413 g/mol. The molecular weight excluding hydrogens is 402 g/mol. The number of anilines is 1. The van der Waals surface area contributed by atoms with Crippen molar-refractivity contribution in [1.82, 2.24) is 10.1 Å². The summed E-state index contributed by atoms with van der Waals surface area (Å²) in [7, 11) is 0. The van der Waals surface area contributed by atoms with E-state index in [9.17, 15) is 27.2 Å². The van der Waals surface area contributed by atoms with Crippen LogP contribution in [0.2, 0.25) is 0 Å². The van der Waals surface area contributed by atoms with Crippen LogP contribution in [0.15, 0.2) is 57.8 Å². The molecule has 3 rings (SSSR count). The number of H-pyrrole nitrogens is 1. The number of rotatable bonds is 3. The Morgan fingerprint density at radius 3 is 2.24 bits per heavy atom. The minimum atomic E-state index is -5.08. The van der Waals surface area contributed by atoms with Crippen molar-refractivity contribution in [3.05, 3.63) is 70.5 Å². The summed E-state index contributed by atoms with van der Waals surface area (Å²) in [6.07, 6.45) is -5.08. The van der Waals surface area contributed by atoms with Crippen molar-refractivity contribution in [2.24, 2.45) is 0 Å². The van der Waals surface area contributed by atoms with Crippen LogP contribution in [-0.2, 0) is 4.79 Å². The SMILES string of the molecule is O=C(Nc1ccc(F)c(-c2noc(=O)[nH]2)c1)c1ccccc1.O=C(O)C(F)(F)F. The van der Waals surface area contributed by atoms with Crippen LogP contribution in [0.25, 0.3) is 11.4 Å². The molecule has 3 N–H and O–H groups in total. The third kappa shape index (κ3) is 6.02. The predicted molar refractivity (Wildman–Crippen MR) is 90.6 cm³/mol. The Labute approximate surface area is 158 Å². The van der Waals surface area contributed by atoms with Gasteiger partial charge in [0.2, 0.25) is 0 Å². The van der Waals surface area contributed by atoms with Crippen LogP contribution in [0.1, 0.15) is 10.4 Å². The number of amides is 1. The summed E-state index contributed by atoms with van der Waals surface area (Å²) in [6, 6.07) is 12.6. The van der Waals surface area contributed by atoms with E-state index in [-0.39, 0.29) is 17.3 Å². The molecule has 1 heterocycles. The number of hydrogen-bond acceptors (Lipinski definition) is 5. The normalized spacial score (nSPS) is 10.6. The smallest absolute Gasteiger partial charge is 0.475 e. The summed E-state index contributed by atoms with van der Waals surface area (Å²) in [5, 5.41) is 13.2. The summed E-state index contributed by atoms with van der Waals surface area (Å²) >= 11 is 0. The highest BCUT2D eigenvalue weighted by atomic mass is 19.4. The molecule has 3 aromatic rings. The van der Waals surface area contributed by atoms with E-state index in [2.05, 4.69) is 20.0 Å². The number of carbonyl (C=O) groups excluding carboxylic acids is 1. The van der Waals surface area contributed by atoms with Crippen molar-refractivity contribution in [1.29, 1.82) is 0 Å². The second kappa shape index (κ2) is 8.82. The van der Waals surface area contributed by atoms with Gasteiger partial charge in [0, 0.05) is 11.3 Å². The number of carbonyl (C=O) groups is 2. The highest BCUT2D eigenvalue weighted by Gasteiger charge is 2.38. The Hall–Kier alpha value is -3.96. The first-order valence-electron chi connectivity index (χ1n) is 7.60. The zero-order chi connectivity index (χ0) is 21.6. The second-order valence-corrected chi connectivity index (χ2v) is 5.26. The Morgan fingerprint density at radius 1 is 1.10 bits per heavy atom. The zero-order valence-corrected chi connectivity index (χ0v) is 14.2. The zero-order valence-electron chi connectivity index (χ0n) is 14.2. The van der Waals surface area contributed by atoms with Crippen molar-refractivity contribution in [3.63, 3.8) is 0 Å². The minimum Gasteiger partial charge on any atom is -0.475 e. The van der Waals surface area contributed by atoms with Gasteiger partial charge in [-0.25, -0.2) is 14.0 Å². The van der Waals surface area contributed by atoms with Crippen molar-refractivity contribution in [2.45, 2.75) is 6.18 Å². The maximum absolute atomic E-state index is 13.8. The van der Waals surface area contributed by atoms with E-state index in [1.165, 1.54) is 18.2 Å². The number of halogens is 4. The van der Waals surface area contributed by atoms with Crippen LogP contribution >= 0.6 is 0 Å². The lowest BCUT2D eigenvalue weighted by Crippen LogP contribution is -2.21.